The topological polar surface area (TPSA) is 20.2 Å². The van der Waals surface area contributed by atoms with Crippen molar-refractivity contribution in [3.8, 4) is 0 Å². The molecule has 2 rings (SSSR count). The van der Waals surface area contributed by atoms with Gasteiger partial charge in [0.1, 0.15) is 0 Å². The fourth-order valence-electron chi connectivity index (χ4n) is 2.06. The van der Waals surface area contributed by atoms with Crippen LogP contribution in [-0.4, -0.2) is 11.3 Å². The predicted octanol–water partition coefficient (Wildman–Crippen LogP) is 4.56. The minimum Gasteiger partial charge on any atom is -0.372 e. The molecule has 0 fully saturated rings. The maximum atomic E-state index is 13.4. The lowest BCUT2D eigenvalue weighted by Gasteiger charge is -2.31. The van der Waals surface area contributed by atoms with Gasteiger partial charge in [-0.3, -0.25) is 0 Å². The van der Waals surface area contributed by atoms with E-state index in [1.807, 2.05) is 0 Å². The van der Waals surface area contributed by atoms with Crippen molar-refractivity contribution < 1.29 is 18.3 Å². The molecule has 0 spiro atoms. The van der Waals surface area contributed by atoms with E-state index in [0.717, 1.165) is 0 Å². The van der Waals surface area contributed by atoms with Gasteiger partial charge in [0.15, 0.2) is 0 Å². The average Bonchev–Trinajstić information content (AvgIpc) is 2.37. The molecule has 0 saturated heterocycles. The third-order valence-corrected chi connectivity index (χ3v) is 3.64. The molecule has 1 N–H and O–H groups in total. The number of halogens is 4. The van der Waals surface area contributed by atoms with Crippen molar-refractivity contribution in [3.63, 3.8) is 0 Å². The fraction of sp³-hybridized carbons (Fsp3) is 0.200. The highest BCUT2D eigenvalue weighted by atomic mass is 79.9. The summed E-state index contributed by atoms with van der Waals surface area (Å²) in [6.45, 7) is 1.68. The quantitative estimate of drug-likeness (QED) is 0.846. The Bertz CT molecular complexity index is 607. The van der Waals surface area contributed by atoms with Gasteiger partial charge in [0.05, 0.1) is 0 Å². The van der Waals surface area contributed by atoms with Gasteiger partial charge in [0.25, 0.3) is 0 Å². The van der Waals surface area contributed by atoms with E-state index >= 15 is 0 Å². The number of benzene rings is 2. The molecular formula is C15H12BrF3O. The van der Waals surface area contributed by atoms with Crippen LogP contribution in [0.3, 0.4) is 0 Å². The van der Waals surface area contributed by atoms with Gasteiger partial charge < -0.3 is 5.11 Å². The van der Waals surface area contributed by atoms with Crippen molar-refractivity contribution in [2.75, 3.05) is 0 Å². The molecule has 0 aliphatic rings. The van der Waals surface area contributed by atoms with Gasteiger partial charge in [-0.15, -0.1) is 0 Å². The lowest BCUT2D eigenvalue weighted by atomic mass is 9.85. The first-order valence-electron chi connectivity index (χ1n) is 5.87. The largest absolute Gasteiger partial charge is 0.425 e. The summed E-state index contributed by atoms with van der Waals surface area (Å²) in [4.78, 5) is 0. The maximum Gasteiger partial charge on any atom is 0.425 e. The van der Waals surface area contributed by atoms with Crippen LogP contribution < -0.4 is 0 Å². The lowest BCUT2D eigenvalue weighted by Crippen LogP contribution is -2.43. The van der Waals surface area contributed by atoms with Crippen LogP contribution in [-0.2, 0) is 5.60 Å². The van der Waals surface area contributed by atoms with E-state index in [1.54, 1.807) is 13.0 Å². The molecule has 2 aromatic carbocycles. The van der Waals surface area contributed by atoms with Gasteiger partial charge in [0, 0.05) is 4.47 Å². The van der Waals surface area contributed by atoms with Crippen molar-refractivity contribution in [2.24, 2.45) is 0 Å². The Morgan fingerprint density at radius 1 is 0.950 bits per heavy atom. The Morgan fingerprint density at radius 3 is 2.05 bits per heavy atom. The Labute approximate surface area is 123 Å². The predicted molar refractivity (Wildman–Crippen MR) is 74.4 cm³/mol. The van der Waals surface area contributed by atoms with Crippen LogP contribution in [0.4, 0.5) is 13.2 Å². The van der Waals surface area contributed by atoms with Gasteiger partial charge in [-0.1, -0.05) is 57.9 Å². The van der Waals surface area contributed by atoms with Crippen LogP contribution in [0, 0.1) is 6.92 Å². The molecule has 0 aliphatic heterocycles. The van der Waals surface area contributed by atoms with Crippen molar-refractivity contribution in [1.82, 2.24) is 0 Å². The van der Waals surface area contributed by atoms with Crippen LogP contribution in [0.2, 0.25) is 0 Å². The molecule has 0 saturated carbocycles. The van der Waals surface area contributed by atoms with E-state index < -0.39 is 11.8 Å². The molecule has 1 unspecified atom stereocenters. The normalized spacial score (nSPS) is 14.9. The van der Waals surface area contributed by atoms with Crippen molar-refractivity contribution in [2.45, 2.75) is 18.7 Å². The summed E-state index contributed by atoms with van der Waals surface area (Å²) < 4.78 is 41.0. The molecule has 1 nitrogen and oxygen atoms in total. The molecule has 1 atom stereocenters. The summed E-state index contributed by atoms with van der Waals surface area (Å²) in [5, 5.41) is 10.4. The molecule has 0 bridgehead atoms. The monoisotopic (exact) mass is 344 g/mol. The SMILES string of the molecule is Cc1cccc(C(O)(c2ccc(Br)cc2)C(F)(F)F)c1. The Kier molecular flexibility index (Phi) is 3.93. The zero-order chi connectivity index (χ0) is 15.0. The summed E-state index contributed by atoms with van der Waals surface area (Å²) in [5.74, 6) is 0. The minimum atomic E-state index is -4.81. The standard InChI is InChI=1S/C15H12BrF3O/c1-10-3-2-4-12(9-10)14(20,15(17,18)19)11-5-7-13(16)8-6-11/h2-9,20H,1H3. The fourth-order valence-corrected chi connectivity index (χ4v) is 2.32. The highest BCUT2D eigenvalue weighted by Crippen LogP contribution is 2.44. The van der Waals surface area contributed by atoms with E-state index in [4.69, 9.17) is 0 Å². The second-order valence-corrected chi connectivity index (χ2v) is 5.50. The van der Waals surface area contributed by atoms with Crippen LogP contribution in [0.25, 0.3) is 0 Å². The van der Waals surface area contributed by atoms with Crippen LogP contribution in [0.1, 0.15) is 16.7 Å². The molecule has 0 heterocycles. The van der Waals surface area contributed by atoms with Crippen molar-refractivity contribution in [3.05, 3.63) is 69.7 Å². The Balaban J connectivity index is 2.66. The maximum absolute atomic E-state index is 13.4. The van der Waals surface area contributed by atoms with E-state index in [2.05, 4.69) is 15.9 Å². The van der Waals surface area contributed by atoms with Gasteiger partial charge in [-0.25, -0.2) is 0 Å². The van der Waals surface area contributed by atoms with Crippen LogP contribution >= 0.6 is 15.9 Å². The second kappa shape index (κ2) is 5.22. The lowest BCUT2D eigenvalue weighted by molar-refractivity contribution is -0.248. The number of hydrogen-bond donors (Lipinski definition) is 1. The number of alkyl halides is 3. The number of aliphatic hydroxyl groups is 1. The van der Waals surface area contributed by atoms with E-state index in [-0.39, 0.29) is 11.1 Å². The second-order valence-electron chi connectivity index (χ2n) is 4.58. The first-order chi connectivity index (χ1) is 9.25. The van der Waals surface area contributed by atoms with Gasteiger partial charge in [-0.05, 0) is 30.2 Å². The summed E-state index contributed by atoms with van der Waals surface area (Å²) in [6.07, 6.45) is -4.81. The van der Waals surface area contributed by atoms with E-state index in [9.17, 15) is 18.3 Å². The molecule has 2 aromatic rings. The summed E-state index contributed by atoms with van der Waals surface area (Å²) >= 11 is 3.17. The molecule has 0 aliphatic carbocycles. The molecule has 5 heteroatoms. The molecule has 20 heavy (non-hydrogen) atoms. The molecule has 0 radical (unpaired) electrons. The first kappa shape index (κ1) is 15.1. The summed E-state index contributed by atoms with van der Waals surface area (Å²) in [7, 11) is 0. The average molecular weight is 345 g/mol. The van der Waals surface area contributed by atoms with E-state index in [1.165, 1.54) is 42.5 Å². The van der Waals surface area contributed by atoms with Crippen molar-refractivity contribution in [1.29, 1.82) is 0 Å². The van der Waals surface area contributed by atoms with Gasteiger partial charge >= 0.3 is 6.18 Å². The third-order valence-electron chi connectivity index (χ3n) is 3.11. The Morgan fingerprint density at radius 2 is 1.55 bits per heavy atom. The van der Waals surface area contributed by atoms with Crippen LogP contribution in [0.15, 0.2) is 53.0 Å². The van der Waals surface area contributed by atoms with Gasteiger partial charge in [0.2, 0.25) is 5.60 Å². The van der Waals surface area contributed by atoms with Gasteiger partial charge in [-0.2, -0.15) is 13.2 Å². The summed E-state index contributed by atoms with van der Waals surface area (Å²) in [6, 6.07) is 11.3. The molecular weight excluding hydrogens is 333 g/mol. The highest BCUT2D eigenvalue weighted by Gasteiger charge is 2.56. The third kappa shape index (κ3) is 2.60. The van der Waals surface area contributed by atoms with E-state index in [0.29, 0.717) is 10.0 Å². The zero-order valence-electron chi connectivity index (χ0n) is 10.6. The van der Waals surface area contributed by atoms with Crippen molar-refractivity contribution >= 4 is 15.9 Å². The smallest absolute Gasteiger partial charge is 0.372 e. The molecule has 106 valence electrons. The Hall–Kier alpha value is -1.33. The highest BCUT2D eigenvalue weighted by molar-refractivity contribution is 9.10. The molecule has 0 aromatic heterocycles. The number of hydrogen-bond acceptors (Lipinski definition) is 1. The van der Waals surface area contributed by atoms with Crippen LogP contribution in [0.5, 0.6) is 0 Å². The molecule has 0 amide bonds. The summed E-state index contributed by atoms with van der Waals surface area (Å²) in [5.41, 5.74) is -2.76. The minimum absolute atomic E-state index is 0.188. The first-order valence-corrected chi connectivity index (χ1v) is 6.67. The number of rotatable bonds is 2. The number of aryl methyl sites for hydroxylation is 1. The zero-order valence-corrected chi connectivity index (χ0v) is 12.2.